The molecule has 1 unspecified atom stereocenters. The third-order valence-electron chi connectivity index (χ3n) is 2.49. The fraction of sp³-hybridized carbons (Fsp3) is 0.364. The van der Waals surface area contributed by atoms with Gasteiger partial charge in [0.1, 0.15) is 6.23 Å². The number of hydrogen-bond donors (Lipinski definition) is 1. The molecule has 0 saturated carbocycles. The number of methoxy groups -OCH3 is 1. The highest BCUT2D eigenvalue weighted by Crippen LogP contribution is 2.24. The van der Waals surface area contributed by atoms with Crippen molar-refractivity contribution in [3.8, 4) is 0 Å². The van der Waals surface area contributed by atoms with Gasteiger partial charge in [-0.1, -0.05) is 0 Å². The van der Waals surface area contributed by atoms with Crippen molar-refractivity contribution in [1.29, 1.82) is 0 Å². The van der Waals surface area contributed by atoms with Crippen LogP contribution >= 0.6 is 0 Å². The Morgan fingerprint density at radius 3 is 2.87 bits per heavy atom. The van der Waals surface area contributed by atoms with Crippen LogP contribution in [0.25, 0.3) is 5.57 Å². The first-order valence-electron chi connectivity index (χ1n) is 4.87. The van der Waals surface area contributed by atoms with Crippen molar-refractivity contribution in [1.82, 2.24) is 15.1 Å². The van der Waals surface area contributed by atoms with Crippen molar-refractivity contribution in [2.75, 3.05) is 7.11 Å². The van der Waals surface area contributed by atoms with Crippen LogP contribution in [0, 0.1) is 0 Å². The molecule has 1 aromatic rings. The number of nitrogens with one attached hydrogen (secondary N) is 1. The van der Waals surface area contributed by atoms with E-state index in [1.165, 1.54) is 5.57 Å². The second-order valence-corrected chi connectivity index (χ2v) is 3.63. The zero-order valence-corrected chi connectivity index (χ0v) is 9.19. The molecular formula is C11H15N3O. The summed E-state index contributed by atoms with van der Waals surface area (Å²) in [6.07, 6.45) is 7.86. The number of rotatable bonds is 2. The van der Waals surface area contributed by atoms with Crippen LogP contribution in [0.2, 0.25) is 0 Å². The van der Waals surface area contributed by atoms with Gasteiger partial charge in [-0.3, -0.25) is 4.68 Å². The smallest absolute Gasteiger partial charge is 0.146 e. The lowest BCUT2D eigenvalue weighted by Gasteiger charge is -2.20. The molecule has 1 aliphatic rings. The van der Waals surface area contributed by atoms with Gasteiger partial charge in [0.2, 0.25) is 0 Å². The van der Waals surface area contributed by atoms with Gasteiger partial charge < -0.3 is 10.1 Å². The summed E-state index contributed by atoms with van der Waals surface area (Å²) in [5.41, 5.74) is 3.48. The van der Waals surface area contributed by atoms with Gasteiger partial charge in [-0.05, 0) is 18.6 Å². The Bertz CT molecular complexity index is 417. The Labute approximate surface area is 89.2 Å². The lowest BCUT2D eigenvalue weighted by atomic mass is 10.0. The largest absolute Gasteiger partial charge is 0.362 e. The van der Waals surface area contributed by atoms with Crippen LogP contribution < -0.4 is 5.32 Å². The van der Waals surface area contributed by atoms with Gasteiger partial charge >= 0.3 is 0 Å². The van der Waals surface area contributed by atoms with Crippen LogP contribution in [0.3, 0.4) is 0 Å². The van der Waals surface area contributed by atoms with Gasteiger partial charge in [-0.15, -0.1) is 0 Å². The number of aromatic nitrogens is 2. The van der Waals surface area contributed by atoms with Crippen LogP contribution in [-0.2, 0) is 11.8 Å². The van der Waals surface area contributed by atoms with Crippen LogP contribution in [0.5, 0.6) is 0 Å². The normalized spacial score (nSPS) is 20.6. The van der Waals surface area contributed by atoms with Crippen molar-refractivity contribution in [3.63, 3.8) is 0 Å². The van der Waals surface area contributed by atoms with E-state index < -0.39 is 0 Å². The summed E-state index contributed by atoms with van der Waals surface area (Å²) in [5.74, 6) is 0. The molecule has 4 nitrogen and oxygen atoms in total. The highest BCUT2D eigenvalue weighted by atomic mass is 16.5. The maximum Gasteiger partial charge on any atom is 0.146 e. The Hall–Kier alpha value is -1.55. The van der Waals surface area contributed by atoms with Crippen molar-refractivity contribution in [3.05, 3.63) is 35.8 Å². The van der Waals surface area contributed by atoms with Gasteiger partial charge in [-0.2, -0.15) is 5.10 Å². The van der Waals surface area contributed by atoms with Crippen molar-refractivity contribution >= 4 is 5.57 Å². The third kappa shape index (κ3) is 1.94. The Kier molecular flexibility index (Phi) is 2.60. The van der Waals surface area contributed by atoms with E-state index in [2.05, 4.69) is 23.4 Å². The average Bonchev–Trinajstić information content (AvgIpc) is 2.64. The fourth-order valence-corrected chi connectivity index (χ4v) is 1.65. The topological polar surface area (TPSA) is 39.1 Å². The van der Waals surface area contributed by atoms with E-state index in [0.29, 0.717) is 0 Å². The Balaban J connectivity index is 2.26. The summed E-state index contributed by atoms with van der Waals surface area (Å²) in [4.78, 5) is 0. The predicted octanol–water partition coefficient (Wildman–Crippen LogP) is 1.28. The van der Waals surface area contributed by atoms with Gasteiger partial charge in [-0.25, -0.2) is 0 Å². The van der Waals surface area contributed by atoms with Crippen LogP contribution in [0.1, 0.15) is 12.5 Å². The van der Waals surface area contributed by atoms with Crippen molar-refractivity contribution in [2.45, 2.75) is 13.2 Å². The van der Waals surface area contributed by atoms with Gasteiger partial charge in [0.15, 0.2) is 0 Å². The number of nitrogens with zero attached hydrogens (tertiary/aromatic N) is 2. The summed E-state index contributed by atoms with van der Waals surface area (Å²) < 4.78 is 7.00. The summed E-state index contributed by atoms with van der Waals surface area (Å²) in [6, 6.07) is 0. The quantitative estimate of drug-likeness (QED) is 0.790. The lowest BCUT2D eigenvalue weighted by Crippen LogP contribution is -2.27. The standard InChI is InChI=1S/C11H15N3O/c1-8-4-11(15-3)12-6-10(8)9-5-13-14(2)7-9/h4-7,11-12H,1-3H3. The van der Waals surface area contributed by atoms with E-state index in [4.69, 9.17) is 4.74 Å². The van der Waals surface area contributed by atoms with E-state index >= 15 is 0 Å². The summed E-state index contributed by atoms with van der Waals surface area (Å²) in [7, 11) is 3.60. The average molecular weight is 205 g/mol. The van der Waals surface area contributed by atoms with Crippen LogP contribution in [0.4, 0.5) is 0 Å². The number of aryl methyl sites for hydroxylation is 1. The molecule has 0 aromatic carbocycles. The zero-order chi connectivity index (χ0) is 10.8. The minimum absolute atomic E-state index is 0.0228. The maximum atomic E-state index is 5.20. The maximum absolute atomic E-state index is 5.20. The molecule has 15 heavy (non-hydrogen) atoms. The molecule has 1 atom stereocenters. The molecule has 0 radical (unpaired) electrons. The predicted molar refractivity (Wildman–Crippen MR) is 58.9 cm³/mol. The minimum Gasteiger partial charge on any atom is -0.362 e. The summed E-state index contributed by atoms with van der Waals surface area (Å²) >= 11 is 0. The van der Waals surface area contributed by atoms with Crippen molar-refractivity contribution < 1.29 is 4.74 Å². The van der Waals surface area contributed by atoms with E-state index in [1.54, 1.807) is 11.8 Å². The Morgan fingerprint density at radius 1 is 1.53 bits per heavy atom. The zero-order valence-electron chi connectivity index (χ0n) is 9.19. The molecule has 0 spiro atoms. The van der Waals surface area contributed by atoms with E-state index in [-0.39, 0.29) is 6.23 Å². The second kappa shape index (κ2) is 3.90. The first-order chi connectivity index (χ1) is 7.20. The van der Waals surface area contributed by atoms with Gasteiger partial charge in [0.05, 0.1) is 6.20 Å². The number of allylic oxidation sites excluding steroid dienone is 2. The van der Waals surface area contributed by atoms with E-state index in [0.717, 1.165) is 11.1 Å². The van der Waals surface area contributed by atoms with Crippen LogP contribution in [-0.4, -0.2) is 23.1 Å². The Morgan fingerprint density at radius 2 is 2.33 bits per heavy atom. The first-order valence-corrected chi connectivity index (χ1v) is 4.87. The fourth-order valence-electron chi connectivity index (χ4n) is 1.65. The highest BCUT2D eigenvalue weighted by Gasteiger charge is 2.13. The monoisotopic (exact) mass is 205 g/mol. The molecule has 4 heteroatoms. The molecule has 2 rings (SSSR count). The molecule has 1 N–H and O–H groups in total. The van der Waals surface area contributed by atoms with Crippen molar-refractivity contribution in [2.24, 2.45) is 7.05 Å². The summed E-state index contributed by atoms with van der Waals surface area (Å²) in [5, 5.41) is 7.31. The highest BCUT2D eigenvalue weighted by molar-refractivity contribution is 5.78. The molecular weight excluding hydrogens is 190 g/mol. The molecule has 0 aliphatic carbocycles. The molecule has 0 saturated heterocycles. The number of dihydropyridines is 1. The molecule has 1 aromatic heterocycles. The minimum atomic E-state index is -0.0228. The molecule has 0 fully saturated rings. The lowest BCUT2D eigenvalue weighted by molar-refractivity contribution is 0.123. The molecule has 2 heterocycles. The molecule has 1 aliphatic heterocycles. The second-order valence-electron chi connectivity index (χ2n) is 3.63. The summed E-state index contributed by atoms with van der Waals surface area (Å²) in [6.45, 7) is 2.08. The number of ether oxygens (including phenoxy) is 1. The molecule has 80 valence electrons. The van der Waals surface area contributed by atoms with Crippen LogP contribution in [0.15, 0.2) is 30.2 Å². The van der Waals surface area contributed by atoms with E-state index in [1.807, 2.05) is 25.6 Å². The van der Waals surface area contributed by atoms with Gasteiger partial charge in [0, 0.05) is 37.7 Å². The SMILES string of the molecule is COC1C=C(C)C(c2cnn(C)c2)=CN1. The number of hydrogen-bond acceptors (Lipinski definition) is 3. The van der Waals surface area contributed by atoms with Gasteiger partial charge in [0.25, 0.3) is 0 Å². The molecule has 0 amide bonds. The van der Waals surface area contributed by atoms with E-state index in [9.17, 15) is 0 Å². The first kappa shape index (κ1) is 9.98. The molecule has 0 bridgehead atoms. The third-order valence-corrected chi connectivity index (χ3v) is 2.49.